The molecule has 0 radical (unpaired) electrons. The second-order valence-corrected chi connectivity index (χ2v) is 6.35. The van der Waals surface area contributed by atoms with Crippen LogP contribution < -0.4 is 9.47 Å². The molecule has 0 bridgehead atoms. The molecule has 26 heavy (non-hydrogen) atoms. The second kappa shape index (κ2) is 7.60. The standard InChI is InChI=1S/C21H22O5/c1-24-15-8-4-13(5-9-15)17-12-18(22)20(21(23)26-3)19(17)14-6-10-16(25-2)11-7-14/h4-11,17,19-20H,12H2,1-3H3/t17-,19-,20-/m0/s1. The number of rotatable bonds is 5. The fraction of sp³-hybridized carbons (Fsp3) is 0.333. The Hall–Kier alpha value is -2.82. The number of carbonyl (C=O) groups is 2. The van der Waals surface area contributed by atoms with Gasteiger partial charge in [-0.05, 0) is 41.3 Å². The van der Waals surface area contributed by atoms with E-state index in [0.717, 1.165) is 22.6 Å². The summed E-state index contributed by atoms with van der Waals surface area (Å²) >= 11 is 0. The molecule has 3 atom stereocenters. The van der Waals surface area contributed by atoms with E-state index in [2.05, 4.69) is 0 Å². The van der Waals surface area contributed by atoms with E-state index in [-0.39, 0.29) is 17.6 Å². The summed E-state index contributed by atoms with van der Waals surface area (Å²) in [7, 11) is 4.54. The Bertz CT molecular complexity index is 779. The van der Waals surface area contributed by atoms with Crippen molar-refractivity contribution in [3.8, 4) is 11.5 Å². The molecule has 0 aliphatic heterocycles. The average molecular weight is 354 g/mol. The highest BCUT2D eigenvalue weighted by Crippen LogP contribution is 2.48. The molecule has 2 aromatic rings. The quantitative estimate of drug-likeness (QED) is 0.609. The Kier molecular flexibility index (Phi) is 5.26. The van der Waals surface area contributed by atoms with Crippen LogP contribution in [0.2, 0.25) is 0 Å². The number of Topliss-reactive ketones (excluding diaryl/α,β-unsaturated/α-hetero) is 1. The molecule has 1 saturated carbocycles. The van der Waals surface area contributed by atoms with E-state index in [1.807, 2.05) is 48.5 Å². The van der Waals surface area contributed by atoms with E-state index in [1.54, 1.807) is 14.2 Å². The number of benzene rings is 2. The molecular weight excluding hydrogens is 332 g/mol. The fourth-order valence-electron chi connectivity index (χ4n) is 3.74. The Morgan fingerprint density at radius 1 is 0.846 bits per heavy atom. The summed E-state index contributed by atoms with van der Waals surface area (Å²) < 4.78 is 15.3. The predicted molar refractivity (Wildman–Crippen MR) is 96.6 cm³/mol. The van der Waals surface area contributed by atoms with E-state index >= 15 is 0 Å². The van der Waals surface area contributed by atoms with Crippen LogP contribution in [0.15, 0.2) is 48.5 Å². The molecule has 3 rings (SSSR count). The smallest absolute Gasteiger partial charge is 0.316 e. The largest absolute Gasteiger partial charge is 0.497 e. The van der Waals surface area contributed by atoms with Gasteiger partial charge in [0, 0.05) is 12.3 Å². The molecule has 2 aromatic carbocycles. The van der Waals surface area contributed by atoms with Crippen molar-refractivity contribution in [3.05, 3.63) is 59.7 Å². The molecule has 0 aromatic heterocycles. The number of methoxy groups -OCH3 is 3. The molecule has 0 amide bonds. The Morgan fingerprint density at radius 2 is 1.35 bits per heavy atom. The lowest BCUT2D eigenvalue weighted by Gasteiger charge is -2.24. The number of ketones is 1. The van der Waals surface area contributed by atoms with Crippen LogP contribution in [0.25, 0.3) is 0 Å². The van der Waals surface area contributed by atoms with Crippen LogP contribution in [0.4, 0.5) is 0 Å². The van der Waals surface area contributed by atoms with Gasteiger partial charge in [0.25, 0.3) is 0 Å². The molecule has 1 aliphatic rings. The number of hydrogen-bond acceptors (Lipinski definition) is 5. The first-order chi connectivity index (χ1) is 12.6. The summed E-state index contributed by atoms with van der Waals surface area (Å²) in [4.78, 5) is 25.0. The summed E-state index contributed by atoms with van der Waals surface area (Å²) in [5, 5.41) is 0. The van der Waals surface area contributed by atoms with Crippen molar-refractivity contribution in [3.63, 3.8) is 0 Å². The summed E-state index contributed by atoms with van der Waals surface area (Å²) in [5.41, 5.74) is 1.93. The van der Waals surface area contributed by atoms with E-state index < -0.39 is 11.9 Å². The average Bonchev–Trinajstić information content (AvgIpc) is 3.04. The van der Waals surface area contributed by atoms with Gasteiger partial charge in [0.2, 0.25) is 0 Å². The van der Waals surface area contributed by atoms with Crippen molar-refractivity contribution < 1.29 is 23.8 Å². The highest BCUT2D eigenvalue weighted by atomic mass is 16.5. The lowest BCUT2D eigenvalue weighted by atomic mass is 9.80. The van der Waals surface area contributed by atoms with Crippen LogP contribution in [-0.4, -0.2) is 33.1 Å². The van der Waals surface area contributed by atoms with Gasteiger partial charge in [0.1, 0.15) is 23.2 Å². The van der Waals surface area contributed by atoms with Gasteiger partial charge in [0.15, 0.2) is 0 Å². The zero-order chi connectivity index (χ0) is 18.7. The topological polar surface area (TPSA) is 61.8 Å². The monoisotopic (exact) mass is 354 g/mol. The van der Waals surface area contributed by atoms with Gasteiger partial charge in [-0.1, -0.05) is 24.3 Å². The van der Waals surface area contributed by atoms with Gasteiger partial charge in [0.05, 0.1) is 21.3 Å². The van der Waals surface area contributed by atoms with Crippen molar-refractivity contribution in [2.75, 3.05) is 21.3 Å². The van der Waals surface area contributed by atoms with Gasteiger partial charge in [-0.25, -0.2) is 0 Å². The highest BCUT2D eigenvalue weighted by Gasteiger charge is 2.48. The highest BCUT2D eigenvalue weighted by molar-refractivity contribution is 6.02. The Labute approximate surface area is 152 Å². The first-order valence-corrected chi connectivity index (χ1v) is 8.47. The van der Waals surface area contributed by atoms with Crippen LogP contribution in [0, 0.1) is 5.92 Å². The summed E-state index contributed by atoms with van der Waals surface area (Å²) in [6.07, 6.45) is 0.308. The summed E-state index contributed by atoms with van der Waals surface area (Å²) in [6.45, 7) is 0. The number of hydrogen-bond donors (Lipinski definition) is 0. The second-order valence-electron chi connectivity index (χ2n) is 6.35. The SMILES string of the molecule is COC(=O)[C@H]1C(=O)C[C@@H](c2ccc(OC)cc2)[C@@H]1c1ccc(OC)cc1. The van der Waals surface area contributed by atoms with Crippen LogP contribution in [0.3, 0.4) is 0 Å². The van der Waals surface area contributed by atoms with Crippen molar-refractivity contribution >= 4 is 11.8 Å². The van der Waals surface area contributed by atoms with Crippen LogP contribution >= 0.6 is 0 Å². The first-order valence-electron chi connectivity index (χ1n) is 8.47. The van der Waals surface area contributed by atoms with Crippen molar-refractivity contribution in [1.29, 1.82) is 0 Å². The zero-order valence-electron chi connectivity index (χ0n) is 15.1. The van der Waals surface area contributed by atoms with Crippen LogP contribution in [0.5, 0.6) is 11.5 Å². The number of carbonyl (C=O) groups excluding carboxylic acids is 2. The molecule has 0 spiro atoms. The summed E-state index contributed by atoms with van der Waals surface area (Å²) in [5.74, 6) is -0.233. The maximum Gasteiger partial charge on any atom is 0.316 e. The van der Waals surface area contributed by atoms with Crippen molar-refractivity contribution in [2.45, 2.75) is 18.3 Å². The molecule has 1 fully saturated rings. The fourth-order valence-corrected chi connectivity index (χ4v) is 3.74. The van der Waals surface area contributed by atoms with Gasteiger partial charge in [-0.3, -0.25) is 9.59 Å². The molecule has 0 heterocycles. The minimum atomic E-state index is -0.791. The minimum absolute atomic E-state index is 0.0847. The van der Waals surface area contributed by atoms with E-state index in [1.165, 1.54) is 7.11 Å². The molecule has 5 nitrogen and oxygen atoms in total. The van der Waals surface area contributed by atoms with Gasteiger partial charge < -0.3 is 14.2 Å². The van der Waals surface area contributed by atoms with Gasteiger partial charge in [-0.15, -0.1) is 0 Å². The third-order valence-electron chi connectivity index (χ3n) is 5.06. The third kappa shape index (κ3) is 3.29. The van der Waals surface area contributed by atoms with E-state index in [9.17, 15) is 9.59 Å². The zero-order valence-corrected chi connectivity index (χ0v) is 15.1. The van der Waals surface area contributed by atoms with Crippen molar-refractivity contribution in [2.24, 2.45) is 5.92 Å². The molecule has 0 N–H and O–H groups in total. The lowest BCUT2D eigenvalue weighted by molar-refractivity contribution is -0.148. The summed E-state index contributed by atoms with van der Waals surface area (Å²) in [6, 6.07) is 15.2. The first kappa shape index (κ1) is 18.0. The van der Waals surface area contributed by atoms with Crippen molar-refractivity contribution in [1.82, 2.24) is 0 Å². The molecular formula is C21H22O5. The lowest BCUT2D eigenvalue weighted by Crippen LogP contribution is -2.26. The molecule has 136 valence electrons. The van der Waals surface area contributed by atoms with Crippen LogP contribution in [0.1, 0.15) is 29.4 Å². The molecule has 0 saturated heterocycles. The normalized spacial score (nSPS) is 22.1. The van der Waals surface area contributed by atoms with E-state index in [4.69, 9.17) is 14.2 Å². The van der Waals surface area contributed by atoms with Gasteiger partial charge in [-0.2, -0.15) is 0 Å². The predicted octanol–water partition coefficient (Wildman–Crippen LogP) is 3.33. The maximum absolute atomic E-state index is 12.6. The molecule has 1 aliphatic carbocycles. The third-order valence-corrected chi connectivity index (χ3v) is 5.06. The maximum atomic E-state index is 12.6. The molecule has 0 unspecified atom stereocenters. The number of esters is 1. The van der Waals surface area contributed by atoms with E-state index in [0.29, 0.717) is 6.42 Å². The van der Waals surface area contributed by atoms with Crippen LogP contribution in [-0.2, 0) is 14.3 Å². The Morgan fingerprint density at radius 3 is 1.81 bits per heavy atom. The minimum Gasteiger partial charge on any atom is -0.497 e. The van der Waals surface area contributed by atoms with Gasteiger partial charge >= 0.3 is 5.97 Å². The number of ether oxygens (including phenoxy) is 3. The molecule has 5 heteroatoms. The Balaban J connectivity index is 2.02.